The van der Waals surface area contributed by atoms with Crippen LogP contribution in [0.3, 0.4) is 0 Å². The van der Waals surface area contributed by atoms with Crippen molar-refractivity contribution in [1.29, 1.82) is 0 Å². The molecule has 4 nitrogen and oxygen atoms in total. The van der Waals surface area contributed by atoms with Crippen molar-refractivity contribution in [3.8, 4) is 0 Å². The third-order valence-corrected chi connectivity index (χ3v) is 3.21. The zero-order valence-corrected chi connectivity index (χ0v) is 9.83. The first-order valence-electron chi connectivity index (χ1n) is 5.31. The molecule has 1 fully saturated rings. The largest absolute Gasteiger partial charge is 0.480 e. The first-order chi connectivity index (χ1) is 8.04. The van der Waals surface area contributed by atoms with Crippen LogP contribution in [0, 0.1) is 5.41 Å². The number of hydrogen-bond acceptors (Lipinski definition) is 2. The zero-order chi connectivity index (χ0) is 12.5. The van der Waals surface area contributed by atoms with Crippen molar-refractivity contribution in [2.75, 3.05) is 0 Å². The Hall–Kier alpha value is -1.55. The molecular weight excluding hydrogens is 242 g/mol. The zero-order valence-electron chi connectivity index (χ0n) is 9.07. The van der Waals surface area contributed by atoms with E-state index in [1.807, 2.05) is 0 Å². The Morgan fingerprint density at radius 1 is 1.29 bits per heavy atom. The third kappa shape index (κ3) is 2.42. The molecule has 0 bridgehead atoms. The maximum atomic E-state index is 11.7. The summed E-state index contributed by atoms with van der Waals surface area (Å²) in [4.78, 5) is 22.6. The van der Waals surface area contributed by atoms with Crippen LogP contribution in [0.5, 0.6) is 0 Å². The molecule has 2 N–H and O–H groups in total. The molecule has 90 valence electrons. The summed E-state index contributed by atoms with van der Waals surface area (Å²) in [5.41, 5.74) is -0.282. The quantitative estimate of drug-likeness (QED) is 0.805. The lowest BCUT2D eigenvalue weighted by Crippen LogP contribution is -2.36. The molecule has 0 saturated heterocycles. The predicted molar refractivity (Wildman–Crippen MR) is 62.6 cm³/mol. The molecule has 0 atom stereocenters. The third-order valence-electron chi connectivity index (χ3n) is 2.96. The standard InChI is InChI=1S/C12H12ClNO3/c13-9-3-1-8(2-4-9)7-14-10(15)12(5-6-12)11(16)17/h1-4H,5-7H2,(H,14,15)(H,16,17). The summed E-state index contributed by atoms with van der Waals surface area (Å²) >= 11 is 5.73. The molecule has 1 saturated carbocycles. The summed E-state index contributed by atoms with van der Waals surface area (Å²) in [5, 5.41) is 12.2. The van der Waals surface area contributed by atoms with Gasteiger partial charge in [0.2, 0.25) is 5.91 Å². The van der Waals surface area contributed by atoms with Crippen molar-refractivity contribution in [1.82, 2.24) is 5.32 Å². The molecule has 1 aliphatic carbocycles. The molecule has 0 aromatic heterocycles. The Bertz CT molecular complexity index is 451. The van der Waals surface area contributed by atoms with Gasteiger partial charge in [-0.15, -0.1) is 0 Å². The van der Waals surface area contributed by atoms with Crippen LogP contribution in [0.25, 0.3) is 0 Å². The van der Waals surface area contributed by atoms with Gasteiger partial charge in [-0.05, 0) is 30.5 Å². The van der Waals surface area contributed by atoms with Crippen molar-refractivity contribution in [3.05, 3.63) is 34.9 Å². The number of halogens is 1. The van der Waals surface area contributed by atoms with Gasteiger partial charge in [0.1, 0.15) is 5.41 Å². The number of aliphatic carboxylic acids is 1. The second-order valence-electron chi connectivity index (χ2n) is 4.20. The number of carboxylic acids is 1. The minimum Gasteiger partial charge on any atom is -0.480 e. The molecule has 0 aliphatic heterocycles. The number of carbonyl (C=O) groups is 2. The Morgan fingerprint density at radius 2 is 1.88 bits per heavy atom. The second-order valence-corrected chi connectivity index (χ2v) is 4.63. The van der Waals surface area contributed by atoms with Gasteiger partial charge in [-0.2, -0.15) is 0 Å². The van der Waals surface area contributed by atoms with E-state index in [4.69, 9.17) is 16.7 Å². The average Bonchev–Trinajstić information content (AvgIpc) is 3.09. The van der Waals surface area contributed by atoms with Crippen molar-refractivity contribution < 1.29 is 14.7 Å². The fraction of sp³-hybridized carbons (Fsp3) is 0.333. The second kappa shape index (κ2) is 4.37. The summed E-state index contributed by atoms with van der Waals surface area (Å²) in [7, 11) is 0. The molecule has 0 spiro atoms. The van der Waals surface area contributed by atoms with E-state index < -0.39 is 17.3 Å². The van der Waals surface area contributed by atoms with Crippen LogP contribution in [0.1, 0.15) is 18.4 Å². The fourth-order valence-corrected chi connectivity index (χ4v) is 1.74. The van der Waals surface area contributed by atoms with Gasteiger partial charge in [-0.3, -0.25) is 9.59 Å². The highest BCUT2D eigenvalue weighted by molar-refractivity contribution is 6.30. The number of amides is 1. The summed E-state index contributed by atoms with van der Waals surface area (Å²) in [5.74, 6) is -1.44. The average molecular weight is 254 g/mol. The topological polar surface area (TPSA) is 66.4 Å². The number of hydrogen-bond donors (Lipinski definition) is 2. The van der Waals surface area contributed by atoms with E-state index in [1.54, 1.807) is 24.3 Å². The van der Waals surface area contributed by atoms with Crippen LogP contribution in [-0.2, 0) is 16.1 Å². The van der Waals surface area contributed by atoms with Gasteiger partial charge < -0.3 is 10.4 Å². The van der Waals surface area contributed by atoms with E-state index in [0.29, 0.717) is 24.4 Å². The van der Waals surface area contributed by atoms with Crippen LogP contribution < -0.4 is 5.32 Å². The van der Waals surface area contributed by atoms with Gasteiger partial charge in [-0.25, -0.2) is 0 Å². The summed E-state index contributed by atoms with van der Waals surface area (Å²) in [6.07, 6.45) is 0.851. The summed E-state index contributed by atoms with van der Waals surface area (Å²) < 4.78 is 0. The highest BCUT2D eigenvalue weighted by atomic mass is 35.5. The molecule has 0 heterocycles. The smallest absolute Gasteiger partial charge is 0.319 e. The number of rotatable bonds is 4. The lowest BCUT2D eigenvalue weighted by Gasteiger charge is -2.10. The number of carboxylic acid groups (broad SMARTS) is 1. The van der Waals surface area contributed by atoms with Gasteiger partial charge in [0.15, 0.2) is 0 Å². The van der Waals surface area contributed by atoms with Crippen molar-refractivity contribution in [2.24, 2.45) is 5.41 Å². The lowest BCUT2D eigenvalue weighted by molar-refractivity contribution is -0.149. The van der Waals surface area contributed by atoms with Crippen LogP contribution >= 0.6 is 11.6 Å². The van der Waals surface area contributed by atoms with Crippen LogP contribution in [0.15, 0.2) is 24.3 Å². The maximum absolute atomic E-state index is 11.7. The van der Waals surface area contributed by atoms with E-state index in [9.17, 15) is 9.59 Å². The summed E-state index contributed by atoms with van der Waals surface area (Å²) in [6.45, 7) is 0.324. The number of benzene rings is 1. The highest BCUT2D eigenvalue weighted by Gasteiger charge is 2.56. The Morgan fingerprint density at radius 3 is 2.35 bits per heavy atom. The first-order valence-corrected chi connectivity index (χ1v) is 5.68. The van der Waals surface area contributed by atoms with E-state index in [-0.39, 0.29) is 0 Å². The predicted octanol–water partition coefficient (Wildman–Crippen LogP) is 1.82. The Kier molecular flexibility index (Phi) is 3.07. The molecule has 0 radical (unpaired) electrons. The van der Waals surface area contributed by atoms with Crippen LogP contribution in [0.2, 0.25) is 5.02 Å². The number of nitrogens with one attached hydrogen (secondary N) is 1. The van der Waals surface area contributed by atoms with E-state index in [2.05, 4.69) is 5.32 Å². The molecular formula is C12H12ClNO3. The Balaban J connectivity index is 1.93. The van der Waals surface area contributed by atoms with Crippen molar-refractivity contribution >= 4 is 23.5 Å². The van der Waals surface area contributed by atoms with Crippen LogP contribution in [-0.4, -0.2) is 17.0 Å². The lowest BCUT2D eigenvalue weighted by atomic mass is 10.1. The monoisotopic (exact) mass is 253 g/mol. The Labute approximate surface area is 104 Å². The molecule has 1 amide bonds. The fourth-order valence-electron chi connectivity index (χ4n) is 1.62. The minimum absolute atomic E-state index is 0.324. The highest BCUT2D eigenvalue weighted by Crippen LogP contribution is 2.46. The molecule has 2 rings (SSSR count). The minimum atomic E-state index is -1.17. The van der Waals surface area contributed by atoms with Crippen LogP contribution in [0.4, 0.5) is 0 Å². The van der Waals surface area contributed by atoms with Gasteiger partial charge in [-0.1, -0.05) is 23.7 Å². The van der Waals surface area contributed by atoms with E-state index >= 15 is 0 Å². The maximum Gasteiger partial charge on any atom is 0.319 e. The van der Waals surface area contributed by atoms with Gasteiger partial charge in [0, 0.05) is 11.6 Å². The molecule has 17 heavy (non-hydrogen) atoms. The molecule has 1 aromatic rings. The summed E-state index contributed by atoms with van der Waals surface area (Å²) in [6, 6.07) is 7.05. The molecule has 1 aromatic carbocycles. The van der Waals surface area contributed by atoms with E-state index in [0.717, 1.165) is 5.56 Å². The van der Waals surface area contributed by atoms with E-state index in [1.165, 1.54) is 0 Å². The van der Waals surface area contributed by atoms with Gasteiger partial charge in [0.05, 0.1) is 0 Å². The molecule has 5 heteroatoms. The normalized spacial score (nSPS) is 16.3. The first kappa shape index (κ1) is 11.9. The van der Waals surface area contributed by atoms with Gasteiger partial charge in [0.25, 0.3) is 0 Å². The van der Waals surface area contributed by atoms with Crippen molar-refractivity contribution in [3.63, 3.8) is 0 Å². The SMILES string of the molecule is O=C(O)C1(C(=O)NCc2ccc(Cl)cc2)CC1. The van der Waals surface area contributed by atoms with Gasteiger partial charge >= 0.3 is 5.97 Å². The molecule has 1 aliphatic rings. The van der Waals surface area contributed by atoms with Crippen molar-refractivity contribution in [2.45, 2.75) is 19.4 Å². The number of carbonyl (C=O) groups excluding carboxylic acids is 1. The molecule has 0 unspecified atom stereocenters.